The second kappa shape index (κ2) is 7.41. The minimum absolute atomic E-state index is 0.0664. The van der Waals surface area contributed by atoms with Crippen LogP contribution in [0.15, 0.2) is 24.3 Å². The van der Waals surface area contributed by atoms with E-state index in [4.69, 9.17) is 4.74 Å². The lowest BCUT2D eigenvalue weighted by Gasteiger charge is -2.40. The van der Waals surface area contributed by atoms with E-state index in [1.165, 1.54) is 31.2 Å². The molecule has 128 valence electrons. The minimum Gasteiger partial charge on any atom is -0.457 e. The van der Waals surface area contributed by atoms with Gasteiger partial charge >= 0.3 is 5.97 Å². The van der Waals surface area contributed by atoms with Crippen molar-refractivity contribution in [1.29, 1.82) is 0 Å². The van der Waals surface area contributed by atoms with Crippen molar-refractivity contribution in [3.8, 4) is 0 Å². The molecule has 0 aliphatic carbocycles. The van der Waals surface area contributed by atoms with Crippen molar-refractivity contribution in [2.75, 3.05) is 0 Å². The zero-order chi connectivity index (χ0) is 17.9. The van der Waals surface area contributed by atoms with Crippen LogP contribution < -0.4 is 0 Å². The number of rotatable bonds is 6. The number of carbonyl (C=O) groups excluding carboxylic acids is 3. The summed E-state index contributed by atoms with van der Waals surface area (Å²) in [6, 6.07) is 5.36. The van der Waals surface area contributed by atoms with Crippen molar-refractivity contribution in [3.05, 3.63) is 39.9 Å². The first-order valence-electron chi connectivity index (χ1n) is 6.86. The van der Waals surface area contributed by atoms with Crippen molar-refractivity contribution < 1.29 is 29.2 Å². The van der Waals surface area contributed by atoms with Gasteiger partial charge in [-0.3, -0.25) is 24.6 Å². The third-order valence-electron chi connectivity index (χ3n) is 3.25. The summed E-state index contributed by atoms with van der Waals surface area (Å²) >= 11 is 0.852. The van der Waals surface area contributed by atoms with Gasteiger partial charge in [-0.25, -0.2) is 4.79 Å². The third kappa shape index (κ3) is 4.09. The van der Waals surface area contributed by atoms with Gasteiger partial charge in [-0.1, -0.05) is 11.8 Å². The van der Waals surface area contributed by atoms with Gasteiger partial charge in [0.1, 0.15) is 6.61 Å². The van der Waals surface area contributed by atoms with Crippen molar-refractivity contribution in [1.82, 2.24) is 4.90 Å². The third-order valence-corrected chi connectivity index (χ3v) is 4.25. The molecular formula is C14H14N2O7S. The monoisotopic (exact) mass is 354 g/mol. The summed E-state index contributed by atoms with van der Waals surface area (Å²) in [7, 11) is 0. The molecule has 0 saturated carbocycles. The maximum absolute atomic E-state index is 11.8. The molecule has 0 aromatic heterocycles. The van der Waals surface area contributed by atoms with Crippen LogP contribution in [-0.4, -0.2) is 43.5 Å². The van der Waals surface area contributed by atoms with Crippen molar-refractivity contribution in [2.45, 2.75) is 31.6 Å². The molecule has 1 fully saturated rings. The quantitative estimate of drug-likeness (QED) is 0.344. The number of likely N-dealkylation sites (tertiary alicyclic amines) is 1. The van der Waals surface area contributed by atoms with Crippen LogP contribution in [0.5, 0.6) is 0 Å². The van der Waals surface area contributed by atoms with E-state index in [1.807, 2.05) is 0 Å². The number of nitro groups is 1. The fourth-order valence-corrected chi connectivity index (χ4v) is 3.00. The standard InChI is InChI=1S/C14H14N2O7S/c1-8(17)24-12-6-11(18)15(12)13(19)14(20)23-7-9-2-4-10(5-3-9)16(21)22/h2-5,12-13,19H,6-7H2,1H3/t12-,13?/m0/s1. The Morgan fingerprint density at radius 2 is 2.08 bits per heavy atom. The van der Waals surface area contributed by atoms with E-state index in [9.17, 15) is 29.6 Å². The summed E-state index contributed by atoms with van der Waals surface area (Å²) in [5.74, 6) is -1.48. The van der Waals surface area contributed by atoms with Gasteiger partial charge in [0.05, 0.1) is 16.7 Å². The summed E-state index contributed by atoms with van der Waals surface area (Å²) in [6.45, 7) is 1.12. The molecule has 0 spiro atoms. The number of carbonyl (C=O) groups is 3. The van der Waals surface area contributed by atoms with Crippen LogP contribution in [-0.2, 0) is 25.7 Å². The fraction of sp³-hybridized carbons (Fsp3) is 0.357. The molecule has 0 bridgehead atoms. The summed E-state index contributed by atoms with van der Waals surface area (Å²) in [6.07, 6.45) is -1.72. The van der Waals surface area contributed by atoms with Crippen LogP contribution >= 0.6 is 11.8 Å². The highest BCUT2D eigenvalue weighted by Crippen LogP contribution is 2.31. The van der Waals surface area contributed by atoms with E-state index < -0.39 is 28.4 Å². The van der Waals surface area contributed by atoms with Gasteiger partial charge in [0.25, 0.3) is 5.69 Å². The number of thioether (sulfide) groups is 1. The summed E-state index contributed by atoms with van der Waals surface area (Å²) in [4.78, 5) is 45.3. The van der Waals surface area contributed by atoms with E-state index >= 15 is 0 Å². The Kier molecular flexibility index (Phi) is 5.52. The van der Waals surface area contributed by atoms with Crippen molar-refractivity contribution in [2.24, 2.45) is 0 Å². The lowest BCUT2D eigenvalue weighted by atomic mass is 10.2. The largest absolute Gasteiger partial charge is 0.457 e. The summed E-state index contributed by atoms with van der Waals surface area (Å²) in [5, 5.41) is 19.6. The van der Waals surface area contributed by atoms with Crippen LogP contribution in [0, 0.1) is 10.1 Å². The van der Waals surface area contributed by atoms with Gasteiger partial charge in [0.2, 0.25) is 12.1 Å². The first-order chi connectivity index (χ1) is 11.3. The van der Waals surface area contributed by atoms with Gasteiger partial charge in [-0.15, -0.1) is 0 Å². The second-order valence-electron chi connectivity index (χ2n) is 4.97. The zero-order valence-corrected chi connectivity index (χ0v) is 13.4. The molecule has 0 radical (unpaired) electrons. The molecule has 1 unspecified atom stereocenters. The number of non-ortho nitro benzene ring substituents is 1. The number of β-lactam (4-membered cyclic amide) rings is 1. The molecule has 1 aliphatic heterocycles. The molecule has 1 heterocycles. The lowest BCUT2D eigenvalue weighted by Crippen LogP contribution is -2.59. The molecule has 1 aliphatic rings. The Morgan fingerprint density at radius 1 is 1.46 bits per heavy atom. The van der Waals surface area contributed by atoms with E-state index in [1.54, 1.807) is 0 Å². The molecule has 1 aromatic carbocycles. The van der Waals surface area contributed by atoms with Crippen LogP contribution in [0.2, 0.25) is 0 Å². The Labute approximate surface area is 140 Å². The number of hydrogen-bond donors (Lipinski definition) is 1. The van der Waals surface area contributed by atoms with E-state index in [2.05, 4.69) is 0 Å². The number of ether oxygens (including phenoxy) is 1. The fourth-order valence-electron chi connectivity index (χ4n) is 2.04. The average molecular weight is 354 g/mol. The predicted octanol–water partition coefficient (Wildman–Crippen LogP) is 0.794. The molecule has 24 heavy (non-hydrogen) atoms. The topological polar surface area (TPSA) is 127 Å². The molecular weight excluding hydrogens is 340 g/mol. The number of esters is 1. The van der Waals surface area contributed by atoms with Crippen LogP contribution in [0.1, 0.15) is 18.9 Å². The molecule has 10 heteroatoms. The highest BCUT2D eigenvalue weighted by molar-refractivity contribution is 8.14. The Hall–Kier alpha value is -2.46. The van der Waals surface area contributed by atoms with E-state index in [-0.39, 0.29) is 23.8 Å². The summed E-state index contributed by atoms with van der Waals surface area (Å²) < 4.78 is 4.90. The summed E-state index contributed by atoms with van der Waals surface area (Å²) in [5.41, 5.74) is 0.395. The maximum Gasteiger partial charge on any atom is 0.356 e. The number of nitro benzene ring substituents is 1. The Bertz CT molecular complexity index is 676. The number of nitrogens with zero attached hydrogens (tertiary/aromatic N) is 2. The zero-order valence-electron chi connectivity index (χ0n) is 12.6. The van der Waals surface area contributed by atoms with Crippen molar-refractivity contribution in [3.63, 3.8) is 0 Å². The molecule has 2 rings (SSSR count). The minimum atomic E-state index is -1.79. The molecule has 1 N–H and O–H groups in total. The van der Waals surface area contributed by atoms with E-state index in [0.29, 0.717) is 5.56 Å². The van der Waals surface area contributed by atoms with Gasteiger partial charge in [-0.05, 0) is 17.7 Å². The average Bonchev–Trinajstić information content (AvgIpc) is 2.51. The highest BCUT2D eigenvalue weighted by Gasteiger charge is 2.44. The van der Waals surface area contributed by atoms with Crippen LogP contribution in [0.3, 0.4) is 0 Å². The normalized spacial score (nSPS) is 17.8. The van der Waals surface area contributed by atoms with Gasteiger partial charge in [0, 0.05) is 19.1 Å². The van der Waals surface area contributed by atoms with Crippen molar-refractivity contribution >= 4 is 34.4 Å². The molecule has 2 atom stereocenters. The number of benzene rings is 1. The smallest absolute Gasteiger partial charge is 0.356 e. The van der Waals surface area contributed by atoms with E-state index in [0.717, 1.165) is 16.7 Å². The highest BCUT2D eigenvalue weighted by atomic mass is 32.2. The predicted molar refractivity (Wildman–Crippen MR) is 82.4 cm³/mol. The van der Waals surface area contributed by atoms with Crippen LogP contribution in [0.25, 0.3) is 0 Å². The van der Waals surface area contributed by atoms with Gasteiger partial charge in [0.15, 0.2) is 5.12 Å². The van der Waals surface area contributed by atoms with Gasteiger partial charge < -0.3 is 9.84 Å². The second-order valence-corrected chi connectivity index (χ2v) is 6.33. The van der Waals surface area contributed by atoms with Crippen LogP contribution in [0.4, 0.5) is 5.69 Å². The first-order valence-corrected chi connectivity index (χ1v) is 7.74. The van der Waals surface area contributed by atoms with Gasteiger partial charge in [-0.2, -0.15) is 0 Å². The first kappa shape index (κ1) is 17.9. The maximum atomic E-state index is 11.8. The molecule has 1 saturated heterocycles. The molecule has 1 aromatic rings. The number of hydrogen-bond acceptors (Lipinski definition) is 8. The lowest BCUT2D eigenvalue weighted by molar-refractivity contribution is -0.384. The number of amides is 1. The number of aliphatic hydroxyl groups is 1. The SMILES string of the molecule is CC(=O)S[C@H]1CC(=O)N1C(O)C(=O)OCc1ccc([N+](=O)[O-])cc1. The Morgan fingerprint density at radius 3 is 2.58 bits per heavy atom. The molecule has 9 nitrogen and oxygen atoms in total. The molecule has 1 amide bonds. The Balaban J connectivity index is 1.90. The number of aliphatic hydroxyl groups excluding tert-OH is 1.